The second-order valence-corrected chi connectivity index (χ2v) is 10.2. The highest BCUT2D eigenvalue weighted by molar-refractivity contribution is 6.15. The Morgan fingerprint density at radius 3 is 2.79 bits per heavy atom. The van der Waals surface area contributed by atoms with E-state index in [0.717, 1.165) is 50.2 Å². The normalized spacial score (nSPS) is 12.9. The largest absolute Gasteiger partial charge is 0.395 e. The van der Waals surface area contributed by atoms with Gasteiger partial charge in [-0.25, -0.2) is 9.97 Å². The van der Waals surface area contributed by atoms with Crippen LogP contribution in [0.1, 0.15) is 32.7 Å². The van der Waals surface area contributed by atoms with Crippen molar-refractivity contribution in [3.63, 3.8) is 0 Å². The lowest BCUT2D eigenvalue weighted by Crippen LogP contribution is -2.24. The number of anilines is 3. The zero-order chi connectivity index (χ0) is 29.4. The molecule has 0 bridgehead atoms. The SMILES string of the molecule is Cc1cnc(Nc2cc(C)n(C)n2)nc1-c1c[nH]c2c(N3Cc4c(/C=C/C(=O)NCCO)cccc4C3=O)cccc12. The molecule has 11 nitrogen and oxygen atoms in total. The molecule has 0 aliphatic carbocycles. The standard InChI is InChI=1S/C31H30N8O3/c1-18-15-34-31(35-26-14-19(2)38(3)37-26)36-28(18)23-16-33-29-21(23)7-5-9-25(29)39-17-24-20(6-4-8-22(24)30(39)42)10-11-27(41)32-12-13-40/h4-11,14-16,33,40H,12-13,17H2,1-3H3,(H,32,41)(H,34,35,36,37)/b11-10+. The number of hydrogen-bond donors (Lipinski definition) is 4. The van der Waals surface area contributed by atoms with E-state index in [1.807, 2.05) is 69.6 Å². The van der Waals surface area contributed by atoms with E-state index in [0.29, 0.717) is 23.9 Å². The van der Waals surface area contributed by atoms with Crippen LogP contribution in [0.3, 0.4) is 0 Å². The molecule has 2 amide bonds. The first-order valence-electron chi connectivity index (χ1n) is 13.6. The third-order valence-corrected chi connectivity index (χ3v) is 7.39. The quantitative estimate of drug-likeness (QED) is 0.210. The van der Waals surface area contributed by atoms with Gasteiger partial charge in [-0.3, -0.25) is 14.3 Å². The maximum absolute atomic E-state index is 13.6. The highest BCUT2D eigenvalue weighted by Gasteiger charge is 2.31. The lowest BCUT2D eigenvalue weighted by molar-refractivity contribution is -0.116. The Kier molecular flexibility index (Phi) is 7.01. The van der Waals surface area contributed by atoms with Crippen LogP contribution in [-0.4, -0.2) is 54.8 Å². The van der Waals surface area contributed by atoms with Crippen LogP contribution < -0.4 is 15.5 Å². The first-order valence-corrected chi connectivity index (χ1v) is 13.6. The molecule has 2 aromatic carbocycles. The van der Waals surface area contributed by atoms with Crippen LogP contribution in [0.15, 0.2) is 60.9 Å². The number of aryl methyl sites for hydroxylation is 3. The third-order valence-electron chi connectivity index (χ3n) is 7.39. The van der Waals surface area contributed by atoms with Crippen LogP contribution >= 0.6 is 0 Å². The van der Waals surface area contributed by atoms with E-state index in [1.54, 1.807) is 21.9 Å². The van der Waals surface area contributed by atoms with Gasteiger partial charge in [0.05, 0.1) is 30.0 Å². The summed E-state index contributed by atoms with van der Waals surface area (Å²) in [6, 6.07) is 13.3. The first-order chi connectivity index (χ1) is 20.3. The van der Waals surface area contributed by atoms with Crippen molar-refractivity contribution in [2.45, 2.75) is 20.4 Å². The zero-order valence-electron chi connectivity index (χ0n) is 23.5. The van der Waals surface area contributed by atoms with Crippen molar-refractivity contribution in [3.8, 4) is 11.3 Å². The molecule has 11 heteroatoms. The number of carbonyl (C=O) groups excluding carboxylic acids is 2. The van der Waals surface area contributed by atoms with E-state index < -0.39 is 0 Å². The highest BCUT2D eigenvalue weighted by Crippen LogP contribution is 2.38. The van der Waals surface area contributed by atoms with Gasteiger partial charge in [0.25, 0.3) is 5.91 Å². The molecule has 0 saturated heterocycles. The Bertz CT molecular complexity index is 1850. The minimum absolute atomic E-state index is 0.107. The number of fused-ring (bicyclic) bond motifs is 2. The van der Waals surface area contributed by atoms with E-state index in [1.165, 1.54) is 6.08 Å². The van der Waals surface area contributed by atoms with Gasteiger partial charge in [0, 0.05) is 60.3 Å². The average Bonchev–Trinajstić information content (AvgIpc) is 3.66. The van der Waals surface area contributed by atoms with Crippen molar-refractivity contribution in [3.05, 3.63) is 88.9 Å². The van der Waals surface area contributed by atoms with Crippen LogP contribution in [-0.2, 0) is 18.4 Å². The van der Waals surface area contributed by atoms with Gasteiger partial charge >= 0.3 is 0 Å². The van der Waals surface area contributed by atoms with Crippen LogP contribution in [0, 0.1) is 13.8 Å². The predicted octanol–water partition coefficient (Wildman–Crippen LogP) is 4.00. The molecular weight excluding hydrogens is 532 g/mol. The second kappa shape index (κ2) is 10.9. The molecule has 0 unspecified atom stereocenters. The molecule has 1 aliphatic heterocycles. The van der Waals surface area contributed by atoms with Crippen molar-refractivity contribution in [2.24, 2.45) is 7.05 Å². The number of hydrogen-bond acceptors (Lipinski definition) is 7. The van der Waals surface area contributed by atoms with Gasteiger partial charge in [0.15, 0.2) is 5.82 Å². The van der Waals surface area contributed by atoms with Gasteiger partial charge in [0.1, 0.15) is 0 Å². The summed E-state index contributed by atoms with van der Waals surface area (Å²) in [4.78, 5) is 40.0. The summed E-state index contributed by atoms with van der Waals surface area (Å²) in [6.07, 6.45) is 6.80. The highest BCUT2D eigenvalue weighted by atomic mass is 16.3. The molecule has 42 heavy (non-hydrogen) atoms. The molecular formula is C31H30N8O3. The molecule has 0 saturated carbocycles. The van der Waals surface area contributed by atoms with Crippen molar-refractivity contribution in [2.75, 3.05) is 23.4 Å². The Hall–Kier alpha value is -5.29. The van der Waals surface area contributed by atoms with Crippen molar-refractivity contribution in [1.82, 2.24) is 30.0 Å². The van der Waals surface area contributed by atoms with Crippen molar-refractivity contribution >= 4 is 46.2 Å². The Balaban J connectivity index is 1.32. The summed E-state index contributed by atoms with van der Waals surface area (Å²) in [7, 11) is 1.88. The summed E-state index contributed by atoms with van der Waals surface area (Å²) in [5, 5.41) is 20.1. The number of benzene rings is 2. The Labute approximate surface area is 241 Å². The number of aromatic amines is 1. The van der Waals surface area contributed by atoms with Gasteiger partial charge in [0.2, 0.25) is 11.9 Å². The first kappa shape index (κ1) is 26.9. The van der Waals surface area contributed by atoms with Crippen LogP contribution in [0.4, 0.5) is 17.5 Å². The number of aliphatic hydroxyl groups is 1. The number of rotatable bonds is 8. The Morgan fingerprint density at radius 2 is 2.00 bits per heavy atom. The van der Waals surface area contributed by atoms with Crippen molar-refractivity contribution < 1.29 is 14.7 Å². The fourth-order valence-corrected chi connectivity index (χ4v) is 5.18. The molecule has 6 rings (SSSR count). The summed E-state index contributed by atoms with van der Waals surface area (Å²) >= 11 is 0. The van der Waals surface area contributed by atoms with Gasteiger partial charge < -0.3 is 25.6 Å². The van der Waals surface area contributed by atoms with E-state index in [9.17, 15) is 9.59 Å². The van der Waals surface area contributed by atoms with E-state index in [-0.39, 0.29) is 25.0 Å². The van der Waals surface area contributed by atoms with Gasteiger partial charge in [-0.1, -0.05) is 24.3 Å². The molecule has 212 valence electrons. The number of carbonyl (C=O) groups is 2. The molecule has 0 fully saturated rings. The summed E-state index contributed by atoms with van der Waals surface area (Å²) in [5.41, 5.74) is 7.41. The number of aromatic nitrogens is 5. The van der Waals surface area contributed by atoms with Gasteiger partial charge in [-0.15, -0.1) is 0 Å². The molecule has 0 spiro atoms. The number of nitrogens with zero attached hydrogens (tertiary/aromatic N) is 5. The average molecular weight is 563 g/mol. The predicted molar refractivity (Wildman–Crippen MR) is 161 cm³/mol. The van der Waals surface area contributed by atoms with E-state index in [4.69, 9.17) is 10.1 Å². The summed E-state index contributed by atoms with van der Waals surface area (Å²) in [6.45, 7) is 4.36. The van der Waals surface area contributed by atoms with Crippen LogP contribution in [0.25, 0.3) is 28.2 Å². The third kappa shape index (κ3) is 4.90. The lowest BCUT2D eigenvalue weighted by Gasteiger charge is -2.17. The van der Waals surface area contributed by atoms with Crippen LogP contribution in [0.5, 0.6) is 0 Å². The number of para-hydroxylation sites is 1. The molecule has 1 aliphatic rings. The van der Waals surface area contributed by atoms with E-state index >= 15 is 0 Å². The topological polar surface area (TPSA) is 141 Å². The zero-order valence-corrected chi connectivity index (χ0v) is 23.5. The molecule has 0 radical (unpaired) electrons. The van der Waals surface area contributed by atoms with Crippen LogP contribution in [0.2, 0.25) is 0 Å². The van der Waals surface area contributed by atoms with Crippen molar-refractivity contribution in [1.29, 1.82) is 0 Å². The lowest BCUT2D eigenvalue weighted by atomic mass is 10.0. The van der Waals surface area contributed by atoms with Gasteiger partial charge in [-0.2, -0.15) is 5.10 Å². The second-order valence-electron chi connectivity index (χ2n) is 10.2. The molecule has 3 aromatic heterocycles. The monoisotopic (exact) mass is 562 g/mol. The summed E-state index contributed by atoms with van der Waals surface area (Å²) < 4.78 is 1.78. The minimum Gasteiger partial charge on any atom is -0.395 e. The molecule has 5 aromatic rings. The fraction of sp³-hybridized carbons (Fsp3) is 0.194. The minimum atomic E-state index is -0.306. The Morgan fingerprint density at radius 1 is 1.17 bits per heavy atom. The number of amides is 2. The van der Waals surface area contributed by atoms with E-state index in [2.05, 4.69) is 25.7 Å². The molecule has 4 heterocycles. The number of H-pyrrole nitrogens is 1. The fourth-order valence-electron chi connectivity index (χ4n) is 5.18. The smallest absolute Gasteiger partial charge is 0.259 e. The maximum atomic E-state index is 13.6. The number of aliphatic hydroxyl groups excluding tert-OH is 1. The summed E-state index contributed by atoms with van der Waals surface area (Å²) in [5.74, 6) is 0.692. The molecule has 4 N–H and O–H groups in total. The number of nitrogens with one attached hydrogen (secondary N) is 3. The maximum Gasteiger partial charge on any atom is 0.259 e. The molecule has 0 atom stereocenters. The van der Waals surface area contributed by atoms with Gasteiger partial charge in [-0.05, 0) is 48.7 Å².